The van der Waals surface area contributed by atoms with E-state index in [2.05, 4.69) is 16.8 Å². The van der Waals surface area contributed by atoms with E-state index >= 15 is 0 Å². The third kappa shape index (κ3) is 5.64. The van der Waals surface area contributed by atoms with Gasteiger partial charge < -0.3 is 24.4 Å². The fraction of sp³-hybridized carbons (Fsp3) is 0.478. The maximum Gasteiger partial charge on any atom is 0.251 e. The van der Waals surface area contributed by atoms with Crippen LogP contribution in [0.1, 0.15) is 28.1 Å². The summed E-state index contributed by atoms with van der Waals surface area (Å²) in [5.41, 5.74) is 0.531. The number of carbonyl (C=O) groups is 2. The molecule has 1 aromatic carbocycles. The third-order valence-corrected chi connectivity index (χ3v) is 6.59. The molecule has 0 aliphatic carbocycles. The van der Waals surface area contributed by atoms with Crippen molar-refractivity contribution in [2.75, 3.05) is 33.4 Å². The van der Waals surface area contributed by atoms with Gasteiger partial charge in [0, 0.05) is 30.0 Å². The first kappa shape index (κ1) is 21.8. The molecule has 0 radical (unpaired) electrons. The summed E-state index contributed by atoms with van der Waals surface area (Å²) >= 11 is 1.73. The summed E-state index contributed by atoms with van der Waals surface area (Å²) in [4.78, 5) is 28.3. The molecule has 4 rings (SSSR count). The molecule has 2 saturated heterocycles. The quantitative estimate of drug-likeness (QED) is 0.710. The van der Waals surface area contributed by atoms with Gasteiger partial charge in [-0.3, -0.25) is 9.59 Å². The van der Waals surface area contributed by atoms with Gasteiger partial charge >= 0.3 is 0 Å². The number of fused-ring (bicyclic) bond motifs is 1. The maximum absolute atomic E-state index is 12.6. The standard InChI is InChI=1S/C23H28N2O5S/c1-28-18-6-2-5-16(11-18)23(27)24-17-14-29-20-12-25(13-21(20)30-15-17)22(26)9-3-7-19-8-4-10-31-19/h2,4-6,8,10-11,17,20-21H,3,7,9,12-15H2,1H3,(H,24,27)/t20-,21-/m0/s1. The van der Waals surface area contributed by atoms with Gasteiger partial charge in [-0.25, -0.2) is 0 Å². The molecule has 0 bridgehead atoms. The molecule has 2 aliphatic heterocycles. The molecule has 0 saturated carbocycles. The zero-order valence-corrected chi connectivity index (χ0v) is 18.4. The zero-order valence-electron chi connectivity index (χ0n) is 17.6. The number of rotatable bonds is 7. The molecule has 31 heavy (non-hydrogen) atoms. The minimum absolute atomic E-state index is 0.153. The Labute approximate surface area is 186 Å². The highest BCUT2D eigenvalue weighted by atomic mass is 32.1. The summed E-state index contributed by atoms with van der Waals surface area (Å²) in [5.74, 6) is 0.598. The van der Waals surface area contributed by atoms with Gasteiger partial charge in [-0.05, 0) is 42.5 Å². The highest BCUT2D eigenvalue weighted by Crippen LogP contribution is 2.22. The summed E-state index contributed by atoms with van der Waals surface area (Å²) in [5, 5.41) is 5.03. The molecule has 2 atom stereocenters. The van der Waals surface area contributed by atoms with E-state index < -0.39 is 0 Å². The molecule has 2 amide bonds. The number of ether oxygens (including phenoxy) is 3. The van der Waals surface area contributed by atoms with Crippen LogP contribution < -0.4 is 10.1 Å². The number of nitrogens with one attached hydrogen (secondary N) is 1. The van der Waals surface area contributed by atoms with E-state index in [-0.39, 0.29) is 30.1 Å². The van der Waals surface area contributed by atoms with E-state index in [1.165, 1.54) is 4.88 Å². The lowest BCUT2D eigenvalue weighted by Gasteiger charge is -2.19. The van der Waals surface area contributed by atoms with Crippen LogP contribution in [-0.2, 0) is 20.7 Å². The fourth-order valence-electron chi connectivity index (χ4n) is 3.94. The Kier molecular flexibility index (Phi) is 7.21. The van der Waals surface area contributed by atoms with Gasteiger partial charge in [0.2, 0.25) is 5.91 Å². The number of nitrogens with zero attached hydrogens (tertiary/aromatic N) is 1. The number of amides is 2. The summed E-state index contributed by atoms with van der Waals surface area (Å²) < 4.78 is 17.2. The summed E-state index contributed by atoms with van der Waals surface area (Å²) in [7, 11) is 1.57. The van der Waals surface area contributed by atoms with E-state index in [1.807, 2.05) is 11.0 Å². The molecule has 2 fully saturated rings. The number of benzene rings is 1. The molecule has 166 valence electrons. The number of likely N-dealkylation sites (tertiary alicyclic amines) is 1. The molecular formula is C23H28N2O5S. The lowest BCUT2D eigenvalue weighted by Crippen LogP contribution is -2.41. The molecule has 7 nitrogen and oxygen atoms in total. The number of carbonyl (C=O) groups excluding carboxylic acids is 2. The van der Waals surface area contributed by atoms with Crippen LogP contribution in [-0.4, -0.2) is 68.4 Å². The molecule has 1 N–H and O–H groups in total. The van der Waals surface area contributed by atoms with Crippen molar-refractivity contribution in [1.29, 1.82) is 0 Å². The van der Waals surface area contributed by atoms with Gasteiger partial charge in [-0.2, -0.15) is 0 Å². The number of aryl methyl sites for hydroxylation is 1. The van der Waals surface area contributed by atoms with E-state index in [0.29, 0.717) is 44.0 Å². The van der Waals surface area contributed by atoms with Crippen LogP contribution in [0.25, 0.3) is 0 Å². The van der Waals surface area contributed by atoms with Crippen molar-refractivity contribution in [2.45, 2.75) is 37.5 Å². The van der Waals surface area contributed by atoms with Crippen molar-refractivity contribution < 1.29 is 23.8 Å². The van der Waals surface area contributed by atoms with Crippen LogP contribution in [0, 0.1) is 0 Å². The molecule has 1 aromatic heterocycles. The Morgan fingerprint density at radius 1 is 1.16 bits per heavy atom. The van der Waals surface area contributed by atoms with Crippen molar-refractivity contribution in [3.05, 3.63) is 52.2 Å². The molecule has 2 aliphatic rings. The van der Waals surface area contributed by atoms with Crippen molar-refractivity contribution >= 4 is 23.2 Å². The van der Waals surface area contributed by atoms with Crippen molar-refractivity contribution in [1.82, 2.24) is 10.2 Å². The Balaban J connectivity index is 1.22. The smallest absolute Gasteiger partial charge is 0.251 e. The normalized spacial score (nSPS) is 21.4. The van der Waals surface area contributed by atoms with Gasteiger partial charge in [-0.15, -0.1) is 11.3 Å². The maximum atomic E-state index is 12.6. The van der Waals surface area contributed by atoms with Crippen LogP contribution in [0.15, 0.2) is 41.8 Å². The molecule has 0 unspecified atom stereocenters. The van der Waals surface area contributed by atoms with Crippen molar-refractivity contribution in [3.63, 3.8) is 0 Å². The van der Waals surface area contributed by atoms with Gasteiger partial charge in [0.25, 0.3) is 5.91 Å². The van der Waals surface area contributed by atoms with E-state index in [1.54, 1.807) is 42.7 Å². The second-order valence-corrected chi connectivity index (χ2v) is 8.91. The first-order valence-corrected chi connectivity index (χ1v) is 11.5. The van der Waals surface area contributed by atoms with E-state index in [4.69, 9.17) is 14.2 Å². The second-order valence-electron chi connectivity index (χ2n) is 7.88. The van der Waals surface area contributed by atoms with Crippen molar-refractivity contribution in [3.8, 4) is 5.75 Å². The predicted molar refractivity (Wildman–Crippen MR) is 118 cm³/mol. The highest BCUT2D eigenvalue weighted by molar-refractivity contribution is 7.09. The SMILES string of the molecule is COc1cccc(C(=O)NC2CO[C@H]3CN(C(=O)CCCc4cccs4)C[C@@H]3OC2)c1. The molecular weight excluding hydrogens is 416 g/mol. The second kappa shape index (κ2) is 10.3. The van der Waals surface area contributed by atoms with Gasteiger partial charge in [-0.1, -0.05) is 12.1 Å². The summed E-state index contributed by atoms with van der Waals surface area (Å²) in [6.07, 6.45) is 2.02. The molecule has 2 aromatic rings. The topological polar surface area (TPSA) is 77.1 Å². The van der Waals surface area contributed by atoms with Gasteiger partial charge in [0.15, 0.2) is 0 Å². The first-order valence-electron chi connectivity index (χ1n) is 10.6. The Hall–Kier alpha value is -2.42. The molecule has 3 heterocycles. The largest absolute Gasteiger partial charge is 0.497 e. The minimum atomic E-state index is -0.237. The average Bonchev–Trinajstić information content (AvgIpc) is 3.42. The molecule has 0 spiro atoms. The predicted octanol–water partition coefficient (Wildman–Crippen LogP) is 2.50. The van der Waals surface area contributed by atoms with Crippen LogP contribution >= 0.6 is 11.3 Å². The van der Waals surface area contributed by atoms with E-state index in [0.717, 1.165) is 12.8 Å². The van der Waals surface area contributed by atoms with Gasteiger partial charge in [0.05, 0.1) is 26.4 Å². The number of methoxy groups -OCH3 is 1. The number of thiophene rings is 1. The minimum Gasteiger partial charge on any atom is -0.497 e. The first-order chi connectivity index (χ1) is 15.1. The van der Waals surface area contributed by atoms with Crippen LogP contribution in [0.3, 0.4) is 0 Å². The summed E-state index contributed by atoms with van der Waals surface area (Å²) in [6, 6.07) is 10.9. The number of hydrogen-bond acceptors (Lipinski definition) is 6. The van der Waals surface area contributed by atoms with Crippen LogP contribution in [0.5, 0.6) is 5.75 Å². The highest BCUT2D eigenvalue weighted by Gasteiger charge is 2.39. The van der Waals surface area contributed by atoms with Crippen molar-refractivity contribution in [2.24, 2.45) is 0 Å². The van der Waals surface area contributed by atoms with Gasteiger partial charge in [0.1, 0.15) is 18.0 Å². The monoisotopic (exact) mass is 444 g/mol. The Morgan fingerprint density at radius 2 is 1.94 bits per heavy atom. The Morgan fingerprint density at radius 3 is 2.61 bits per heavy atom. The third-order valence-electron chi connectivity index (χ3n) is 5.65. The molecule has 8 heteroatoms. The lowest BCUT2D eigenvalue weighted by molar-refractivity contribution is -0.131. The Bertz CT molecular complexity index is 872. The van der Waals surface area contributed by atoms with E-state index in [9.17, 15) is 9.59 Å². The van der Waals surface area contributed by atoms with Crippen LogP contribution in [0.2, 0.25) is 0 Å². The van der Waals surface area contributed by atoms with Crippen LogP contribution in [0.4, 0.5) is 0 Å². The summed E-state index contributed by atoms with van der Waals surface area (Å²) in [6.45, 7) is 1.80. The average molecular weight is 445 g/mol. The number of hydrogen-bond donors (Lipinski definition) is 1. The lowest BCUT2D eigenvalue weighted by atomic mass is 10.2. The fourth-order valence-corrected chi connectivity index (χ4v) is 4.69. The zero-order chi connectivity index (χ0) is 21.6.